The molecule has 198 valence electrons. The van der Waals surface area contributed by atoms with Crippen LogP contribution in [0.15, 0.2) is 121 Å². The van der Waals surface area contributed by atoms with Gasteiger partial charge < -0.3 is 4.57 Å². The molecule has 5 aromatic carbocycles. The monoisotopic (exact) mass is 572 g/mol. The van der Waals surface area contributed by atoms with Gasteiger partial charge in [0, 0.05) is 53.0 Å². The summed E-state index contributed by atoms with van der Waals surface area (Å²) >= 11 is 3.82. The SMILES string of the molecule is N#CC1=CCC(c2ccc3sc4c(ccc5c6ccccc6sc54)c3c2)CC(n2c3ccccc3c3ccccc32)=C1. The molecule has 1 unspecified atom stereocenters. The van der Waals surface area contributed by atoms with Crippen molar-refractivity contribution in [1.82, 2.24) is 4.57 Å². The molecular formula is C38H24N2S2. The molecule has 0 spiro atoms. The van der Waals surface area contributed by atoms with E-state index in [4.69, 9.17) is 0 Å². The van der Waals surface area contributed by atoms with Crippen LogP contribution < -0.4 is 0 Å². The Morgan fingerprint density at radius 2 is 1.26 bits per heavy atom. The molecular weight excluding hydrogens is 549 g/mol. The van der Waals surface area contributed by atoms with Gasteiger partial charge >= 0.3 is 0 Å². The number of rotatable bonds is 2. The lowest BCUT2D eigenvalue weighted by molar-refractivity contribution is 0.713. The fourth-order valence-electron chi connectivity index (χ4n) is 6.91. The third kappa shape index (κ3) is 3.48. The molecule has 1 atom stereocenters. The molecule has 0 N–H and O–H groups in total. The topological polar surface area (TPSA) is 28.7 Å². The van der Waals surface area contributed by atoms with E-state index in [1.54, 1.807) is 0 Å². The number of allylic oxidation sites excluding steroid dienone is 4. The fraction of sp³-hybridized carbons (Fsp3) is 0.0789. The molecule has 0 bridgehead atoms. The molecule has 0 saturated carbocycles. The van der Waals surface area contributed by atoms with Crippen molar-refractivity contribution >= 4 is 90.5 Å². The van der Waals surface area contributed by atoms with Crippen molar-refractivity contribution in [2.45, 2.75) is 18.8 Å². The predicted molar refractivity (Wildman–Crippen MR) is 182 cm³/mol. The van der Waals surface area contributed by atoms with Gasteiger partial charge in [0.2, 0.25) is 0 Å². The number of thiophene rings is 2. The second kappa shape index (κ2) is 9.16. The van der Waals surface area contributed by atoms with Gasteiger partial charge in [0.15, 0.2) is 0 Å². The quantitative estimate of drug-likeness (QED) is 0.202. The zero-order chi connectivity index (χ0) is 27.8. The second-order valence-corrected chi connectivity index (χ2v) is 13.3. The van der Waals surface area contributed by atoms with Crippen LogP contribution in [0.4, 0.5) is 0 Å². The fourth-order valence-corrected chi connectivity index (χ4v) is 9.43. The molecule has 0 radical (unpaired) electrons. The van der Waals surface area contributed by atoms with Gasteiger partial charge in [0.05, 0.1) is 26.5 Å². The van der Waals surface area contributed by atoms with E-state index in [1.165, 1.54) is 73.4 Å². The van der Waals surface area contributed by atoms with E-state index in [9.17, 15) is 5.26 Å². The van der Waals surface area contributed by atoms with E-state index < -0.39 is 0 Å². The van der Waals surface area contributed by atoms with Gasteiger partial charge in [0.1, 0.15) is 0 Å². The molecule has 3 aromatic heterocycles. The van der Waals surface area contributed by atoms with Crippen molar-refractivity contribution in [1.29, 1.82) is 5.26 Å². The zero-order valence-electron chi connectivity index (χ0n) is 22.7. The Labute approximate surface area is 250 Å². The van der Waals surface area contributed by atoms with Gasteiger partial charge in [-0.15, -0.1) is 22.7 Å². The summed E-state index contributed by atoms with van der Waals surface area (Å²) in [7, 11) is 0. The molecule has 42 heavy (non-hydrogen) atoms. The van der Waals surface area contributed by atoms with Gasteiger partial charge in [-0.2, -0.15) is 5.26 Å². The lowest BCUT2D eigenvalue weighted by Gasteiger charge is -2.19. The van der Waals surface area contributed by atoms with Crippen LogP contribution in [0, 0.1) is 11.3 Å². The van der Waals surface area contributed by atoms with Crippen LogP contribution in [-0.2, 0) is 0 Å². The first-order valence-electron chi connectivity index (χ1n) is 14.3. The minimum atomic E-state index is 0.273. The third-order valence-corrected chi connectivity index (χ3v) is 11.4. The summed E-state index contributed by atoms with van der Waals surface area (Å²) in [4.78, 5) is 0. The Bertz CT molecular complexity index is 2440. The highest BCUT2D eigenvalue weighted by Gasteiger charge is 2.22. The Kier molecular flexibility index (Phi) is 5.22. The summed E-state index contributed by atoms with van der Waals surface area (Å²) < 4.78 is 7.84. The molecule has 1 aliphatic carbocycles. The molecule has 1 aliphatic rings. The highest BCUT2D eigenvalue weighted by molar-refractivity contribution is 7.33. The van der Waals surface area contributed by atoms with E-state index in [0.29, 0.717) is 0 Å². The predicted octanol–water partition coefficient (Wildman–Crippen LogP) is 11.4. The van der Waals surface area contributed by atoms with Gasteiger partial charge in [-0.1, -0.05) is 78.9 Å². The van der Waals surface area contributed by atoms with Crippen molar-refractivity contribution in [3.8, 4) is 6.07 Å². The summed E-state index contributed by atoms with van der Waals surface area (Å²) in [5.74, 6) is 0.273. The molecule has 2 nitrogen and oxygen atoms in total. The van der Waals surface area contributed by atoms with Crippen LogP contribution >= 0.6 is 22.7 Å². The zero-order valence-corrected chi connectivity index (χ0v) is 24.3. The lowest BCUT2D eigenvalue weighted by Crippen LogP contribution is -2.03. The van der Waals surface area contributed by atoms with Crippen molar-refractivity contribution in [3.63, 3.8) is 0 Å². The summed E-state index contributed by atoms with van der Waals surface area (Å²) in [6.45, 7) is 0. The third-order valence-electron chi connectivity index (χ3n) is 8.87. The average molecular weight is 573 g/mol. The van der Waals surface area contributed by atoms with E-state index in [1.807, 2.05) is 22.7 Å². The summed E-state index contributed by atoms with van der Waals surface area (Å²) in [5, 5.41) is 17.9. The first kappa shape index (κ1) is 24.0. The maximum Gasteiger partial charge on any atom is 0.0988 e. The van der Waals surface area contributed by atoms with E-state index >= 15 is 0 Å². The second-order valence-electron chi connectivity index (χ2n) is 11.2. The number of hydrogen-bond donors (Lipinski definition) is 0. The van der Waals surface area contributed by atoms with E-state index in [0.717, 1.165) is 18.4 Å². The van der Waals surface area contributed by atoms with Crippen molar-refractivity contribution in [3.05, 3.63) is 126 Å². The van der Waals surface area contributed by atoms with Crippen LogP contribution in [0.25, 0.3) is 67.8 Å². The van der Waals surface area contributed by atoms with Gasteiger partial charge in [-0.05, 0) is 60.7 Å². The lowest BCUT2D eigenvalue weighted by atomic mass is 9.90. The molecule has 0 amide bonds. The normalized spacial score (nSPS) is 15.9. The van der Waals surface area contributed by atoms with Crippen molar-refractivity contribution < 1.29 is 0 Å². The van der Waals surface area contributed by atoms with Crippen LogP contribution in [-0.4, -0.2) is 4.57 Å². The molecule has 0 fully saturated rings. The number of nitrogens with zero attached hydrogens (tertiary/aromatic N) is 2. The van der Waals surface area contributed by atoms with Gasteiger partial charge in [-0.25, -0.2) is 0 Å². The molecule has 0 aliphatic heterocycles. The number of para-hydroxylation sites is 2. The number of hydrogen-bond acceptors (Lipinski definition) is 3. The highest BCUT2D eigenvalue weighted by atomic mass is 32.1. The van der Waals surface area contributed by atoms with E-state index in [2.05, 4.69) is 126 Å². The molecule has 4 heteroatoms. The van der Waals surface area contributed by atoms with E-state index in [-0.39, 0.29) is 5.92 Å². The average Bonchev–Trinajstić information content (AvgIpc) is 3.65. The van der Waals surface area contributed by atoms with Crippen LogP contribution in [0.2, 0.25) is 0 Å². The Balaban J connectivity index is 1.20. The van der Waals surface area contributed by atoms with Crippen molar-refractivity contribution in [2.24, 2.45) is 0 Å². The molecule has 8 aromatic rings. The minimum Gasteiger partial charge on any atom is -0.313 e. The number of aromatic nitrogens is 1. The van der Waals surface area contributed by atoms with Crippen molar-refractivity contribution in [2.75, 3.05) is 0 Å². The Hall–Kier alpha value is -4.69. The molecule has 9 rings (SSSR count). The molecule has 0 saturated heterocycles. The van der Waals surface area contributed by atoms with Crippen LogP contribution in [0.3, 0.4) is 0 Å². The first-order valence-corrected chi connectivity index (χ1v) is 16.0. The summed E-state index contributed by atoms with van der Waals surface area (Å²) in [6.07, 6.45) is 5.93. The Morgan fingerprint density at radius 1 is 0.643 bits per heavy atom. The smallest absolute Gasteiger partial charge is 0.0988 e. The van der Waals surface area contributed by atoms with Crippen LogP contribution in [0.5, 0.6) is 0 Å². The first-order chi connectivity index (χ1) is 20.8. The maximum atomic E-state index is 10.0. The Morgan fingerprint density at radius 3 is 1.98 bits per heavy atom. The maximum absolute atomic E-state index is 10.0. The largest absolute Gasteiger partial charge is 0.313 e. The highest BCUT2D eigenvalue weighted by Crippen LogP contribution is 2.46. The standard InChI is InChI=1S/C38H24N2S2/c39-22-23-13-14-24(20-26(19-23)40-33-10-4-1-7-27(33)28-8-2-5-11-34(28)40)25-15-18-36-32(21-25)31-17-16-30-29-9-3-6-12-35(29)41-37(30)38(31)42-36/h1-13,15-19,21,24H,14,20H2. The summed E-state index contributed by atoms with van der Waals surface area (Å²) in [6, 6.07) is 40.1. The minimum absolute atomic E-state index is 0.273. The number of fused-ring (bicyclic) bond motifs is 10. The summed E-state index contributed by atoms with van der Waals surface area (Å²) in [5.41, 5.74) is 5.62. The number of nitriles is 1. The van der Waals surface area contributed by atoms with Gasteiger partial charge in [-0.3, -0.25) is 0 Å². The van der Waals surface area contributed by atoms with Gasteiger partial charge in [0.25, 0.3) is 0 Å². The van der Waals surface area contributed by atoms with Crippen LogP contribution in [0.1, 0.15) is 24.3 Å². The molecule has 3 heterocycles. The number of benzene rings is 5.